The van der Waals surface area contributed by atoms with Crippen LogP contribution in [0.1, 0.15) is 18.7 Å². The molecule has 0 unspecified atom stereocenters. The lowest BCUT2D eigenvalue weighted by Crippen LogP contribution is -1.96. The molecule has 94 valence electrons. The second-order valence-corrected chi connectivity index (χ2v) is 4.59. The van der Waals surface area contributed by atoms with E-state index in [2.05, 4.69) is 26.1 Å². The molecule has 1 aromatic carbocycles. The summed E-state index contributed by atoms with van der Waals surface area (Å²) in [7, 11) is 0. The molecule has 0 atom stereocenters. The number of hydrogen-bond donors (Lipinski definition) is 1. The molecule has 0 saturated carbocycles. The maximum Gasteiger partial charge on any atom is 0.303 e. The number of rotatable bonds is 5. The number of carbonyl (C=O) groups is 1. The number of hydrogen-bond acceptors (Lipinski definition) is 4. The Balaban J connectivity index is 2.06. The Morgan fingerprint density at radius 1 is 1.39 bits per heavy atom. The van der Waals surface area contributed by atoms with Gasteiger partial charge in [-0.3, -0.25) is 4.79 Å². The van der Waals surface area contributed by atoms with Crippen molar-refractivity contribution >= 4 is 21.9 Å². The molecule has 1 N–H and O–H groups in total. The molecule has 6 heteroatoms. The molecule has 1 aromatic heterocycles. The fraction of sp³-hybridized carbons (Fsp3) is 0.250. The normalized spacial score (nSPS) is 10.5. The van der Waals surface area contributed by atoms with Gasteiger partial charge in [-0.15, -0.1) is 0 Å². The lowest BCUT2D eigenvalue weighted by Gasteiger charge is -1.96. The minimum absolute atomic E-state index is 0.104. The van der Waals surface area contributed by atoms with Crippen LogP contribution in [0, 0.1) is 0 Å². The Bertz CT molecular complexity index is 554. The van der Waals surface area contributed by atoms with Gasteiger partial charge in [0.25, 0.3) is 0 Å². The second kappa shape index (κ2) is 5.77. The molecule has 1 heterocycles. The van der Waals surface area contributed by atoms with Crippen LogP contribution < -0.4 is 0 Å². The third-order valence-corrected chi connectivity index (χ3v) is 3.06. The SMILES string of the molecule is O=C(O)CCCc1nc(-c2ccccc2Br)no1. The Hall–Kier alpha value is -1.69. The Labute approximate surface area is 112 Å². The van der Waals surface area contributed by atoms with Crippen molar-refractivity contribution in [1.29, 1.82) is 0 Å². The molecular weight excluding hydrogens is 300 g/mol. The molecule has 2 aromatic rings. The highest BCUT2D eigenvalue weighted by molar-refractivity contribution is 9.10. The molecule has 0 aliphatic rings. The number of halogens is 1. The highest BCUT2D eigenvalue weighted by Gasteiger charge is 2.11. The summed E-state index contributed by atoms with van der Waals surface area (Å²) in [6, 6.07) is 7.58. The van der Waals surface area contributed by atoms with Gasteiger partial charge in [-0.25, -0.2) is 0 Å². The number of benzene rings is 1. The summed E-state index contributed by atoms with van der Waals surface area (Å²) in [6.45, 7) is 0. The first-order valence-corrected chi connectivity index (χ1v) is 6.25. The van der Waals surface area contributed by atoms with Crippen molar-refractivity contribution < 1.29 is 14.4 Å². The van der Waals surface area contributed by atoms with Crippen molar-refractivity contribution in [3.8, 4) is 11.4 Å². The van der Waals surface area contributed by atoms with Crippen LogP contribution in [0.5, 0.6) is 0 Å². The number of nitrogens with zero attached hydrogens (tertiary/aromatic N) is 2. The van der Waals surface area contributed by atoms with Crippen molar-refractivity contribution in [3.05, 3.63) is 34.6 Å². The van der Waals surface area contributed by atoms with Crippen molar-refractivity contribution in [2.75, 3.05) is 0 Å². The van der Waals surface area contributed by atoms with Crippen molar-refractivity contribution in [2.45, 2.75) is 19.3 Å². The lowest BCUT2D eigenvalue weighted by atomic mass is 10.2. The van der Waals surface area contributed by atoms with E-state index < -0.39 is 5.97 Å². The summed E-state index contributed by atoms with van der Waals surface area (Å²) in [4.78, 5) is 14.6. The highest BCUT2D eigenvalue weighted by Crippen LogP contribution is 2.25. The third kappa shape index (κ3) is 3.16. The Morgan fingerprint density at radius 2 is 2.17 bits per heavy atom. The number of aromatic nitrogens is 2. The summed E-state index contributed by atoms with van der Waals surface area (Å²) >= 11 is 3.41. The van der Waals surface area contributed by atoms with Crippen molar-refractivity contribution in [1.82, 2.24) is 10.1 Å². The number of aliphatic carboxylic acids is 1. The fourth-order valence-corrected chi connectivity index (χ4v) is 1.96. The van der Waals surface area contributed by atoms with Crippen LogP contribution in [0.3, 0.4) is 0 Å². The maximum atomic E-state index is 10.4. The van der Waals surface area contributed by atoms with Gasteiger partial charge >= 0.3 is 5.97 Å². The zero-order chi connectivity index (χ0) is 13.0. The molecule has 0 fully saturated rings. The van der Waals surface area contributed by atoms with Crippen LogP contribution in [-0.2, 0) is 11.2 Å². The van der Waals surface area contributed by atoms with Gasteiger partial charge in [0.15, 0.2) is 0 Å². The highest BCUT2D eigenvalue weighted by atomic mass is 79.9. The molecule has 0 radical (unpaired) electrons. The topological polar surface area (TPSA) is 76.2 Å². The van der Waals surface area contributed by atoms with E-state index in [1.165, 1.54) is 0 Å². The number of aryl methyl sites for hydroxylation is 1. The van der Waals surface area contributed by atoms with E-state index in [0.29, 0.717) is 24.6 Å². The molecular formula is C12H11BrN2O3. The molecule has 0 aliphatic carbocycles. The van der Waals surface area contributed by atoms with E-state index in [1.54, 1.807) is 0 Å². The van der Waals surface area contributed by atoms with Gasteiger partial charge in [0.05, 0.1) is 0 Å². The molecule has 2 rings (SSSR count). The minimum Gasteiger partial charge on any atom is -0.481 e. The van der Waals surface area contributed by atoms with Crippen LogP contribution in [0.25, 0.3) is 11.4 Å². The van der Waals surface area contributed by atoms with Crippen LogP contribution in [-0.4, -0.2) is 21.2 Å². The van der Waals surface area contributed by atoms with Gasteiger partial charge < -0.3 is 9.63 Å². The summed E-state index contributed by atoms with van der Waals surface area (Å²) in [5, 5.41) is 12.4. The molecule has 0 bridgehead atoms. The standard InChI is InChI=1S/C12H11BrN2O3/c13-9-5-2-1-4-8(9)12-14-10(18-15-12)6-3-7-11(16)17/h1-2,4-5H,3,6-7H2,(H,16,17). The number of carboxylic acids is 1. The minimum atomic E-state index is -0.819. The van der Waals surface area contributed by atoms with Gasteiger partial charge in [0, 0.05) is 22.9 Å². The zero-order valence-electron chi connectivity index (χ0n) is 9.47. The van der Waals surface area contributed by atoms with Gasteiger partial charge in [0.2, 0.25) is 11.7 Å². The van der Waals surface area contributed by atoms with Crippen molar-refractivity contribution in [3.63, 3.8) is 0 Å². The molecule has 5 nitrogen and oxygen atoms in total. The summed E-state index contributed by atoms with van der Waals surface area (Å²) in [6.07, 6.45) is 1.07. The van der Waals surface area contributed by atoms with Gasteiger partial charge in [-0.05, 0) is 18.6 Å². The monoisotopic (exact) mass is 310 g/mol. The van der Waals surface area contributed by atoms with Crippen LogP contribution >= 0.6 is 15.9 Å². The average Bonchev–Trinajstić information content (AvgIpc) is 2.78. The predicted molar refractivity (Wildman–Crippen MR) is 68.0 cm³/mol. The van der Waals surface area contributed by atoms with E-state index in [0.717, 1.165) is 10.0 Å². The van der Waals surface area contributed by atoms with Gasteiger partial charge in [-0.2, -0.15) is 4.98 Å². The first-order chi connectivity index (χ1) is 8.66. The molecule has 18 heavy (non-hydrogen) atoms. The van der Waals surface area contributed by atoms with E-state index in [9.17, 15) is 4.79 Å². The smallest absolute Gasteiger partial charge is 0.303 e. The molecule has 0 amide bonds. The Kier molecular flexibility index (Phi) is 4.09. The zero-order valence-corrected chi connectivity index (χ0v) is 11.1. The van der Waals surface area contributed by atoms with E-state index >= 15 is 0 Å². The van der Waals surface area contributed by atoms with Gasteiger partial charge in [0.1, 0.15) is 0 Å². The lowest BCUT2D eigenvalue weighted by molar-refractivity contribution is -0.137. The molecule has 0 spiro atoms. The maximum absolute atomic E-state index is 10.4. The first kappa shape index (κ1) is 12.8. The van der Waals surface area contributed by atoms with Crippen LogP contribution in [0.15, 0.2) is 33.3 Å². The van der Waals surface area contributed by atoms with Crippen LogP contribution in [0.4, 0.5) is 0 Å². The summed E-state index contributed by atoms with van der Waals surface area (Å²) < 4.78 is 5.97. The molecule has 0 saturated heterocycles. The predicted octanol–water partition coefficient (Wildman–Crippen LogP) is 2.91. The first-order valence-electron chi connectivity index (χ1n) is 5.46. The molecule has 0 aliphatic heterocycles. The third-order valence-electron chi connectivity index (χ3n) is 2.36. The van der Waals surface area contributed by atoms with E-state index in [1.807, 2.05) is 24.3 Å². The second-order valence-electron chi connectivity index (χ2n) is 3.74. The van der Waals surface area contributed by atoms with Gasteiger partial charge in [-0.1, -0.05) is 33.2 Å². The summed E-state index contributed by atoms with van der Waals surface area (Å²) in [5.41, 5.74) is 0.853. The van der Waals surface area contributed by atoms with Crippen molar-refractivity contribution in [2.24, 2.45) is 0 Å². The quantitative estimate of drug-likeness (QED) is 0.919. The Morgan fingerprint density at radius 3 is 2.89 bits per heavy atom. The number of carboxylic acid groups (broad SMARTS) is 1. The summed E-state index contributed by atoms with van der Waals surface area (Å²) in [5.74, 6) is 0.148. The average molecular weight is 311 g/mol. The fourth-order valence-electron chi connectivity index (χ4n) is 1.50. The van der Waals surface area contributed by atoms with E-state index in [-0.39, 0.29) is 6.42 Å². The van der Waals surface area contributed by atoms with E-state index in [4.69, 9.17) is 9.63 Å². The largest absolute Gasteiger partial charge is 0.481 e. The van der Waals surface area contributed by atoms with Crippen LogP contribution in [0.2, 0.25) is 0 Å².